The fourth-order valence-electron chi connectivity index (χ4n) is 10.4. The minimum Gasteiger partial charge on any atom is -0.462 e. The summed E-state index contributed by atoms with van der Waals surface area (Å²) in [5.74, 6) is 0.0198. The standard InChI is InChI=1S/C41H65NO10/c1-10-26-12-11-13-34(52-36-17-16-33(42(5)6)23(3)48-36)22(2)37(44)32-20-30-28(31(32)21-35(43)50-26)15-14-25-18-27(19-29(25)30)51-41-40(47-9)39(46-8)38(45-7)24(4)49-41/h14-15,20,22-31,33-34,36,38-41H,10-13,16-19,21H2,1-9H3/t22-,23?,24?,25-,26+,27-,28-,29-,30-,31+,33?,34+,36?,38?,39?,40?,41?/m0/s1. The van der Waals surface area contributed by atoms with E-state index in [0.29, 0.717) is 18.4 Å². The molecule has 0 spiro atoms. The van der Waals surface area contributed by atoms with Gasteiger partial charge in [0.1, 0.15) is 24.4 Å². The van der Waals surface area contributed by atoms with E-state index in [2.05, 4.69) is 51.1 Å². The molecule has 52 heavy (non-hydrogen) atoms. The molecule has 294 valence electrons. The molecule has 3 aliphatic carbocycles. The van der Waals surface area contributed by atoms with Crippen molar-refractivity contribution in [2.24, 2.45) is 35.5 Å². The quantitative estimate of drug-likeness (QED) is 0.222. The molecule has 11 nitrogen and oxygen atoms in total. The van der Waals surface area contributed by atoms with E-state index in [1.54, 1.807) is 21.3 Å². The summed E-state index contributed by atoms with van der Waals surface area (Å²) in [5, 5.41) is 0. The number of methoxy groups -OCH3 is 3. The number of allylic oxidation sites excluding steroid dienone is 4. The summed E-state index contributed by atoms with van der Waals surface area (Å²) in [6.07, 6.45) is 10.8. The number of likely N-dealkylation sites (N-methyl/N-ethyl adjacent to an activating group) is 1. The Hall–Kier alpha value is -1.70. The number of ketones is 1. The first kappa shape index (κ1) is 40.0. The highest BCUT2D eigenvalue weighted by Crippen LogP contribution is 2.54. The van der Waals surface area contributed by atoms with Crippen molar-refractivity contribution in [3.63, 3.8) is 0 Å². The summed E-state index contributed by atoms with van der Waals surface area (Å²) in [5.41, 5.74) is 0.763. The van der Waals surface area contributed by atoms with Crippen molar-refractivity contribution in [2.75, 3.05) is 35.4 Å². The third-order valence-electron chi connectivity index (χ3n) is 13.3. The van der Waals surface area contributed by atoms with Gasteiger partial charge in [0.05, 0.1) is 30.8 Å². The number of rotatable bonds is 9. The van der Waals surface area contributed by atoms with Crippen molar-refractivity contribution < 1.29 is 47.5 Å². The number of cyclic esters (lactones) is 1. The number of Topliss-reactive ketones (excluding diaryl/α,β-unsaturated/α-hetero) is 1. The summed E-state index contributed by atoms with van der Waals surface area (Å²) in [6.45, 7) is 8.17. The molecule has 0 N–H and O–H groups in total. The van der Waals surface area contributed by atoms with Crippen molar-refractivity contribution in [3.05, 3.63) is 23.8 Å². The molecule has 0 radical (unpaired) electrons. The van der Waals surface area contributed by atoms with Crippen LogP contribution in [0.3, 0.4) is 0 Å². The first-order valence-corrected chi connectivity index (χ1v) is 20.0. The molecular weight excluding hydrogens is 666 g/mol. The molecule has 0 bridgehead atoms. The smallest absolute Gasteiger partial charge is 0.306 e. The number of carbonyl (C=O) groups is 2. The third-order valence-corrected chi connectivity index (χ3v) is 13.3. The SMILES string of the molecule is CC[C@@H]1CCC[C@@H](OC2CCC(N(C)C)C(C)O2)[C@H](C)C(=O)C2=C[C@H]3[C@H](C=C[C@H]4C[C@H](OC5OC(C)C(OC)C(OC)C5OC)C[C@H]34)[C@H]2CC(=O)O1. The Morgan fingerprint density at radius 1 is 0.827 bits per heavy atom. The van der Waals surface area contributed by atoms with Crippen LogP contribution >= 0.6 is 0 Å². The molecule has 17 atom stereocenters. The number of nitrogens with zero attached hydrogens (tertiary/aromatic N) is 1. The largest absolute Gasteiger partial charge is 0.462 e. The van der Waals surface area contributed by atoms with Crippen molar-refractivity contribution in [3.8, 4) is 0 Å². The fourth-order valence-corrected chi connectivity index (χ4v) is 10.4. The molecule has 8 unspecified atom stereocenters. The Kier molecular flexibility index (Phi) is 13.4. The molecule has 0 amide bonds. The Morgan fingerprint density at radius 2 is 1.58 bits per heavy atom. The van der Waals surface area contributed by atoms with Crippen LogP contribution in [0.2, 0.25) is 0 Å². The van der Waals surface area contributed by atoms with E-state index in [0.717, 1.165) is 50.5 Å². The topological polar surface area (TPSA) is 111 Å². The Labute approximate surface area is 311 Å². The Morgan fingerprint density at radius 3 is 2.25 bits per heavy atom. The van der Waals surface area contributed by atoms with Crippen LogP contribution in [0.5, 0.6) is 0 Å². The van der Waals surface area contributed by atoms with Crippen LogP contribution in [0.15, 0.2) is 23.8 Å². The zero-order valence-electron chi connectivity index (χ0n) is 32.9. The van der Waals surface area contributed by atoms with Crippen LogP contribution in [-0.4, -0.2) is 120 Å². The van der Waals surface area contributed by atoms with Crippen LogP contribution in [0.1, 0.15) is 85.5 Å². The van der Waals surface area contributed by atoms with E-state index >= 15 is 0 Å². The van der Waals surface area contributed by atoms with Gasteiger partial charge in [0, 0.05) is 39.2 Å². The molecule has 3 heterocycles. The highest BCUT2D eigenvalue weighted by atomic mass is 16.7. The van der Waals surface area contributed by atoms with Crippen molar-refractivity contribution in [1.29, 1.82) is 0 Å². The lowest BCUT2D eigenvalue weighted by atomic mass is 9.70. The molecule has 1 saturated carbocycles. The maximum atomic E-state index is 14.7. The molecule has 6 aliphatic rings. The maximum absolute atomic E-state index is 14.7. The molecule has 3 aliphatic heterocycles. The highest BCUT2D eigenvalue weighted by molar-refractivity contribution is 5.99. The third kappa shape index (κ3) is 8.27. The monoisotopic (exact) mass is 731 g/mol. The van der Waals surface area contributed by atoms with Gasteiger partial charge in [-0.2, -0.15) is 0 Å². The summed E-state index contributed by atoms with van der Waals surface area (Å²) in [7, 11) is 9.15. The van der Waals surface area contributed by atoms with Crippen LogP contribution in [0.4, 0.5) is 0 Å². The lowest BCUT2D eigenvalue weighted by molar-refractivity contribution is -0.314. The second-order valence-electron chi connectivity index (χ2n) is 16.5. The minimum atomic E-state index is -0.594. The van der Waals surface area contributed by atoms with Gasteiger partial charge in [0.2, 0.25) is 0 Å². The van der Waals surface area contributed by atoms with Gasteiger partial charge in [-0.3, -0.25) is 9.59 Å². The van der Waals surface area contributed by atoms with Gasteiger partial charge in [-0.05, 0) is 109 Å². The van der Waals surface area contributed by atoms with Gasteiger partial charge >= 0.3 is 5.97 Å². The van der Waals surface area contributed by atoms with Crippen LogP contribution in [0, 0.1) is 35.5 Å². The van der Waals surface area contributed by atoms with Gasteiger partial charge in [0.15, 0.2) is 18.4 Å². The van der Waals surface area contributed by atoms with Gasteiger partial charge in [0.25, 0.3) is 0 Å². The van der Waals surface area contributed by atoms with Crippen molar-refractivity contribution >= 4 is 11.8 Å². The Bertz CT molecular complexity index is 1290. The first-order chi connectivity index (χ1) is 25.0. The van der Waals surface area contributed by atoms with Gasteiger partial charge in [-0.25, -0.2) is 0 Å². The predicted octanol–water partition coefficient (Wildman–Crippen LogP) is 5.49. The number of fused-ring (bicyclic) bond motifs is 5. The van der Waals surface area contributed by atoms with E-state index in [1.165, 1.54) is 0 Å². The molecule has 11 heteroatoms. The molecule has 6 rings (SSSR count). The van der Waals surface area contributed by atoms with Gasteiger partial charge in [-0.15, -0.1) is 0 Å². The van der Waals surface area contributed by atoms with Gasteiger partial charge in [-0.1, -0.05) is 32.1 Å². The van der Waals surface area contributed by atoms with E-state index in [9.17, 15) is 9.59 Å². The van der Waals surface area contributed by atoms with E-state index in [4.69, 9.17) is 37.9 Å². The molecule has 4 fully saturated rings. The number of hydrogen-bond acceptors (Lipinski definition) is 11. The lowest BCUT2D eigenvalue weighted by Crippen LogP contribution is -2.59. The lowest BCUT2D eigenvalue weighted by Gasteiger charge is -2.44. The molecule has 0 aromatic carbocycles. The number of ether oxygens (including phenoxy) is 8. The number of esters is 1. The zero-order valence-corrected chi connectivity index (χ0v) is 32.9. The second kappa shape index (κ2) is 17.4. The first-order valence-electron chi connectivity index (χ1n) is 20.0. The number of hydrogen-bond donors (Lipinski definition) is 0. The molecule has 0 aromatic heterocycles. The zero-order chi connectivity index (χ0) is 37.3. The maximum Gasteiger partial charge on any atom is 0.306 e. The Balaban J connectivity index is 1.20. The highest BCUT2D eigenvalue weighted by Gasteiger charge is 2.52. The average molecular weight is 732 g/mol. The van der Waals surface area contributed by atoms with E-state index in [1.807, 2.05) is 13.8 Å². The molecular formula is C41H65NO10. The number of carbonyl (C=O) groups excluding carboxylic acids is 2. The van der Waals surface area contributed by atoms with E-state index < -0.39 is 12.4 Å². The molecule has 3 saturated heterocycles. The summed E-state index contributed by atoms with van der Waals surface area (Å²) >= 11 is 0. The normalized spacial score (nSPS) is 45.7. The summed E-state index contributed by atoms with van der Waals surface area (Å²) < 4.78 is 49.5. The van der Waals surface area contributed by atoms with Gasteiger partial charge < -0.3 is 42.8 Å². The molecule has 0 aromatic rings. The minimum absolute atomic E-state index is 0.0380. The van der Waals surface area contributed by atoms with Crippen LogP contribution in [0.25, 0.3) is 0 Å². The van der Waals surface area contributed by atoms with Crippen LogP contribution in [-0.2, 0) is 47.5 Å². The predicted molar refractivity (Wildman–Crippen MR) is 194 cm³/mol. The van der Waals surface area contributed by atoms with Crippen molar-refractivity contribution in [2.45, 2.75) is 153 Å². The summed E-state index contributed by atoms with van der Waals surface area (Å²) in [4.78, 5) is 30.4. The fraction of sp³-hybridized carbons (Fsp3) is 0.854. The van der Waals surface area contributed by atoms with Crippen molar-refractivity contribution in [1.82, 2.24) is 4.90 Å². The summed E-state index contributed by atoms with van der Waals surface area (Å²) in [6, 6.07) is 0.339. The average Bonchev–Trinajstić information content (AvgIpc) is 3.70. The second-order valence-corrected chi connectivity index (χ2v) is 16.5. The van der Waals surface area contributed by atoms with E-state index in [-0.39, 0.29) is 96.8 Å². The van der Waals surface area contributed by atoms with Crippen LogP contribution < -0.4 is 0 Å².